The Balaban J connectivity index is 1.55. The van der Waals surface area contributed by atoms with Gasteiger partial charge in [-0.2, -0.15) is 0 Å². The van der Waals surface area contributed by atoms with Crippen LogP contribution in [0.4, 0.5) is 5.69 Å². The van der Waals surface area contributed by atoms with Gasteiger partial charge in [0.1, 0.15) is 5.54 Å². The Morgan fingerprint density at radius 1 is 1.37 bits per heavy atom. The van der Waals surface area contributed by atoms with Gasteiger partial charge in [-0.3, -0.25) is 4.79 Å². The summed E-state index contributed by atoms with van der Waals surface area (Å²) in [5.74, 6) is 1.09. The molecule has 1 amide bonds. The molecule has 2 aliphatic heterocycles. The lowest BCUT2D eigenvalue weighted by Gasteiger charge is -2.47. The average Bonchev–Trinajstić information content (AvgIpc) is 3.31. The second kappa shape index (κ2) is 5.96. The van der Waals surface area contributed by atoms with E-state index in [1.165, 1.54) is 5.69 Å². The van der Waals surface area contributed by atoms with Crippen LogP contribution in [0.3, 0.4) is 0 Å². The summed E-state index contributed by atoms with van der Waals surface area (Å²) in [6.45, 7) is 6.06. The van der Waals surface area contributed by atoms with Crippen LogP contribution in [0.15, 0.2) is 49.3 Å². The second-order valence-corrected chi connectivity index (χ2v) is 7.87. The van der Waals surface area contributed by atoms with E-state index in [4.69, 9.17) is 0 Å². The van der Waals surface area contributed by atoms with Crippen molar-refractivity contribution in [3.63, 3.8) is 0 Å². The molecule has 1 unspecified atom stereocenters. The molecule has 0 bridgehead atoms. The summed E-state index contributed by atoms with van der Waals surface area (Å²) in [6, 6.07) is 8.27. The van der Waals surface area contributed by atoms with E-state index in [1.54, 1.807) is 0 Å². The maximum atomic E-state index is 12.9. The smallest absolute Gasteiger partial charge is 0.225 e. The number of aromatic nitrogens is 2. The number of aliphatic hydroxyl groups is 1. The molecule has 2 aromatic heterocycles. The Morgan fingerprint density at radius 3 is 3.00 bits per heavy atom. The minimum atomic E-state index is -0.308. The summed E-state index contributed by atoms with van der Waals surface area (Å²) >= 11 is 0. The van der Waals surface area contributed by atoms with Crippen LogP contribution >= 0.6 is 0 Å². The second-order valence-electron chi connectivity index (χ2n) is 7.87. The summed E-state index contributed by atoms with van der Waals surface area (Å²) in [5, 5.41) is 9.58. The monoisotopic (exact) mass is 364 g/mol. The molecule has 27 heavy (non-hydrogen) atoms. The maximum Gasteiger partial charge on any atom is 0.225 e. The molecule has 1 aliphatic carbocycles. The standard InChI is InChI=1S/C21H24N4O2/c1-2-9-25-17-5-3-8-22-19(17)24-10-4-6-18(24)21(25)7-11-23(14-21)20(27)15-12-16(26)13-15/h2-6,8,10,15-16,26H,1,7,9,11-14H2. The molecule has 1 atom stereocenters. The molecule has 1 N–H and O–H groups in total. The first-order valence-corrected chi connectivity index (χ1v) is 9.63. The van der Waals surface area contributed by atoms with E-state index in [-0.39, 0.29) is 23.5 Å². The molecule has 6 heteroatoms. The van der Waals surface area contributed by atoms with E-state index in [0.717, 1.165) is 24.5 Å². The number of hydrogen-bond acceptors (Lipinski definition) is 4. The number of hydrogen-bond donors (Lipinski definition) is 1. The fourth-order valence-electron chi connectivity index (χ4n) is 4.96. The van der Waals surface area contributed by atoms with E-state index in [9.17, 15) is 9.90 Å². The Morgan fingerprint density at radius 2 is 2.22 bits per heavy atom. The third-order valence-corrected chi connectivity index (χ3v) is 6.36. The minimum Gasteiger partial charge on any atom is -0.393 e. The van der Waals surface area contributed by atoms with Gasteiger partial charge in [0.15, 0.2) is 5.82 Å². The number of amides is 1. The molecule has 0 aromatic carbocycles. The van der Waals surface area contributed by atoms with E-state index in [0.29, 0.717) is 25.9 Å². The number of anilines is 1. The Kier molecular flexibility index (Phi) is 3.65. The highest BCUT2D eigenvalue weighted by molar-refractivity contribution is 5.81. The number of nitrogens with zero attached hydrogens (tertiary/aromatic N) is 4. The predicted molar refractivity (Wildman–Crippen MR) is 103 cm³/mol. The third-order valence-electron chi connectivity index (χ3n) is 6.36. The van der Waals surface area contributed by atoms with Crippen LogP contribution in [0.1, 0.15) is 25.0 Å². The Hall–Kier alpha value is -2.60. The van der Waals surface area contributed by atoms with Gasteiger partial charge in [-0.05, 0) is 43.5 Å². The van der Waals surface area contributed by atoms with Crippen molar-refractivity contribution in [2.75, 3.05) is 24.5 Å². The Labute approximate surface area is 158 Å². The zero-order valence-electron chi connectivity index (χ0n) is 15.3. The number of likely N-dealkylation sites (tertiary alicyclic amines) is 1. The van der Waals surface area contributed by atoms with Gasteiger partial charge in [-0.25, -0.2) is 4.98 Å². The number of carbonyl (C=O) groups excluding carboxylic acids is 1. The molecule has 3 aliphatic rings. The van der Waals surface area contributed by atoms with Crippen molar-refractivity contribution in [3.05, 3.63) is 55.0 Å². The van der Waals surface area contributed by atoms with Crippen LogP contribution in [0.25, 0.3) is 5.82 Å². The van der Waals surface area contributed by atoms with Crippen LogP contribution in [0, 0.1) is 5.92 Å². The lowest BCUT2D eigenvalue weighted by molar-refractivity contribution is -0.141. The van der Waals surface area contributed by atoms with Gasteiger partial charge in [0, 0.05) is 37.9 Å². The van der Waals surface area contributed by atoms with Crippen molar-refractivity contribution in [1.82, 2.24) is 14.5 Å². The summed E-state index contributed by atoms with van der Waals surface area (Å²) in [7, 11) is 0. The normalized spacial score (nSPS) is 28.6. The van der Waals surface area contributed by atoms with Gasteiger partial charge in [-0.1, -0.05) is 6.08 Å². The minimum absolute atomic E-state index is 0.0210. The largest absolute Gasteiger partial charge is 0.393 e. The van der Waals surface area contributed by atoms with Crippen molar-refractivity contribution < 1.29 is 9.90 Å². The average molecular weight is 364 g/mol. The molecule has 4 heterocycles. The van der Waals surface area contributed by atoms with Crippen LogP contribution in [0.2, 0.25) is 0 Å². The van der Waals surface area contributed by atoms with E-state index < -0.39 is 0 Å². The fraction of sp³-hybridized carbons (Fsp3) is 0.429. The van der Waals surface area contributed by atoms with Crippen LogP contribution < -0.4 is 4.90 Å². The van der Waals surface area contributed by atoms with Gasteiger partial charge in [0.05, 0.1) is 17.5 Å². The number of pyridine rings is 1. The summed E-state index contributed by atoms with van der Waals surface area (Å²) in [5.41, 5.74) is 1.99. The van der Waals surface area contributed by atoms with E-state index in [1.807, 2.05) is 23.2 Å². The topological polar surface area (TPSA) is 61.6 Å². The van der Waals surface area contributed by atoms with Crippen molar-refractivity contribution in [1.29, 1.82) is 0 Å². The van der Waals surface area contributed by atoms with Crippen molar-refractivity contribution in [2.45, 2.75) is 30.9 Å². The third kappa shape index (κ3) is 2.29. The highest BCUT2D eigenvalue weighted by Crippen LogP contribution is 2.47. The summed E-state index contributed by atoms with van der Waals surface area (Å²) in [4.78, 5) is 21.9. The number of aliphatic hydroxyl groups excluding tert-OH is 1. The summed E-state index contributed by atoms with van der Waals surface area (Å²) < 4.78 is 2.16. The van der Waals surface area contributed by atoms with Crippen molar-refractivity contribution >= 4 is 11.6 Å². The number of carbonyl (C=O) groups is 1. The fourth-order valence-corrected chi connectivity index (χ4v) is 4.96. The predicted octanol–water partition coefficient (Wildman–Crippen LogP) is 2.08. The van der Waals surface area contributed by atoms with Crippen LogP contribution in [-0.2, 0) is 10.3 Å². The molecule has 1 spiro atoms. The molecule has 1 saturated carbocycles. The Bertz CT molecular complexity index is 901. The van der Waals surface area contributed by atoms with Crippen LogP contribution in [-0.4, -0.2) is 51.2 Å². The first kappa shape index (κ1) is 16.6. The maximum absolute atomic E-state index is 12.9. The van der Waals surface area contributed by atoms with E-state index >= 15 is 0 Å². The molecule has 2 fully saturated rings. The van der Waals surface area contributed by atoms with E-state index in [2.05, 4.69) is 45.4 Å². The van der Waals surface area contributed by atoms with Gasteiger partial charge >= 0.3 is 0 Å². The van der Waals surface area contributed by atoms with Crippen molar-refractivity contribution in [3.8, 4) is 5.82 Å². The molecule has 5 rings (SSSR count). The molecule has 140 valence electrons. The number of rotatable bonds is 3. The first-order valence-electron chi connectivity index (χ1n) is 9.63. The SMILES string of the molecule is C=CCN1c2cccnc2-n2cccc2C12CCN(C(=O)C1CC(O)C1)C2. The van der Waals surface area contributed by atoms with Gasteiger partial charge < -0.3 is 19.5 Å². The zero-order chi connectivity index (χ0) is 18.6. The van der Waals surface area contributed by atoms with Crippen molar-refractivity contribution in [2.24, 2.45) is 5.92 Å². The highest BCUT2D eigenvalue weighted by Gasteiger charge is 2.51. The zero-order valence-corrected chi connectivity index (χ0v) is 15.3. The molecular formula is C21H24N4O2. The number of fused-ring (bicyclic) bond motifs is 4. The van der Waals surface area contributed by atoms with Gasteiger partial charge in [0.25, 0.3) is 0 Å². The molecule has 6 nitrogen and oxygen atoms in total. The molecule has 0 radical (unpaired) electrons. The quantitative estimate of drug-likeness (QED) is 0.847. The summed E-state index contributed by atoms with van der Waals surface area (Å²) in [6.07, 6.45) is 7.56. The van der Waals surface area contributed by atoms with Gasteiger partial charge in [0.2, 0.25) is 5.91 Å². The molecule has 1 saturated heterocycles. The lowest BCUT2D eigenvalue weighted by atomic mass is 9.81. The highest BCUT2D eigenvalue weighted by atomic mass is 16.3. The van der Waals surface area contributed by atoms with Gasteiger partial charge in [-0.15, -0.1) is 6.58 Å². The molecular weight excluding hydrogens is 340 g/mol. The molecule has 2 aromatic rings. The lowest BCUT2D eigenvalue weighted by Crippen LogP contribution is -2.53. The van der Waals surface area contributed by atoms with Crippen LogP contribution in [0.5, 0.6) is 0 Å². The first-order chi connectivity index (χ1) is 13.1.